The summed E-state index contributed by atoms with van der Waals surface area (Å²) in [5.41, 5.74) is 5.57. The molecule has 3 aromatic heterocycles. The summed E-state index contributed by atoms with van der Waals surface area (Å²) < 4.78 is 2.01. The van der Waals surface area contributed by atoms with Crippen molar-refractivity contribution in [3.63, 3.8) is 0 Å². The van der Waals surface area contributed by atoms with Gasteiger partial charge < -0.3 is 30.7 Å². The number of fused-ring (bicyclic) bond motifs is 3. The Morgan fingerprint density at radius 2 is 1.67 bits per heavy atom. The van der Waals surface area contributed by atoms with Crippen LogP contribution >= 0.6 is 0 Å². The molecule has 3 aliphatic rings. The van der Waals surface area contributed by atoms with E-state index in [0.717, 1.165) is 41.0 Å². The maximum absolute atomic E-state index is 13.3. The van der Waals surface area contributed by atoms with Gasteiger partial charge in [-0.2, -0.15) is 5.10 Å². The molecule has 0 radical (unpaired) electrons. The molecule has 5 heterocycles. The van der Waals surface area contributed by atoms with Crippen LogP contribution in [0.25, 0.3) is 11.1 Å². The molecular weight excluding hydrogens is 626 g/mol. The molecule has 4 amide bonds. The standard InChI is InChI=1S/C34H37N11O4/c1-18-29-22(15-36-45(29)20-16-44(17-20)34(49)25-11-7-10-24(38-25)33(48)42(3)4)21-8-6-9-23(30(21)43(18)5)37-26-14-27(39-31(46)19-12-13-19)40-41-28(26)32(47)35-2/h6-11,14-15,18-20H,12-13,16-17H2,1-5H3,(H,35,47)(H2,37,39,40,46)/t18-/m1/s1. The second kappa shape index (κ2) is 12.3. The molecule has 1 atom stereocenters. The number of likely N-dealkylation sites (tertiary alicyclic amines) is 1. The molecule has 15 nitrogen and oxygen atoms in total. The van der Waals surface area contributed by atoms with Crippen LogP contribution in [0.5, 0.6) is 0 Å². The van der Waals surface area contributed by atoms with Crippen LogP contribution in [0.2, 0.25) is 0 Å². The molecule has 49 heavy (non-hydrogen) atoms. The summed E-state index contributed by atoms with van der Waals surface area (Å²) >= 11 is 0. The van der Waals surface area contributed by atoms with Gasteiger partial charge in [-0.1, -0.05) is 18.2 Å². The molecule has 7 rings (SSSR count). The van der Waals surface area contributed by atoms with Gasteiger partial charge >= 0.3 is 0 Å². The number of anilines is 4. The Labute approximate surface area is 282 Å². The Morgan fingerprint density at radius 1 is 0.939 bits per heavy atom. The summed E-state index contributed by atoms with van der Waals surface area (Å²) in [4.78, 5) is 60.5. The highest BCUT2D eigenvalue weighted by Gasteiger charge is 2.39. The van der Waals surface area contributed by atoms with Gasteiger partial charge in [-0.15, -0.1) is 10.2 Å². The van der Waals surface area contributed by atoms with Gasteiger partial charge in [0.25, 0.3) is 17.7 Å². The highest BCUT2D eigenvalue weighted by molar-refractivity contribution is 6.01. The largest absolute Gasteiger partial charge is 0.364 e. The first kappa shape index (κ1) is 31.7. The Balaban J connectivity index is 1.14. The van der Waals surface area contributed by atoms with Crippen molar-refractivity contribution in [1.29, 1.82) is 0 Å². The zero-order valence-electron chi connectivity index (χ0n) is 27.9. The molecule has 0 unspecified atom stereocenters. The highest BCUT2D eigenvalue weighted by Crippen LogP contribution is 2.49. The summed E-state index contributed by atoms with van der Waals surface area (Å²) in [6, 6.07) is 12.3. The fourth-order valence-electron chi connectivity index (χ4n) is 6.30. The van der Waals surface area contributed by atoms with Crippen LogP contribution in [-0.2, 0) is 4.79 Å². The van der Waals surface area contributed by atoms with Crippen molar-refractivity contribution in [3.8, 4) is 11.1 Å². The first-order chi connectivity index (χ1) is 23.5. The van der Waals surface area contributed by atoms with E-state index in [1.54, 1.807) is 43.3 Å². The number of carbonyl (C=O) groups excluding carboxylic acids is 4. The third-order valence-corrected chi connectivity index (χ3v) is 9.28. The summed E-state index contributed by atoms with van der Waals surface area (Å²) in [6.45, 7) is 3.02. The fourth-order valence-corrected chi connectivity index (χ4v) is 6.30. The minimum atomic E-state index is -0.413. The van der Waals surface area contributed by atoms with Gasteiger partial charge in [-0.3, -0.25) is 23.9 Å². The van der Waals surface area contributed by atoms with Crippen LogP contribution in [-0.4, -0.2) is 99.7 Å². The van der Waals surface area contributed by atoms with Crippen molar-refractivity contribution in [2.24, 2.45) is 5.92 Å². The molecule has 1 saturated carbocycles. The third kappa shape index (κ3) is 5.70. The van der Waals surface area contributed by atoms with Gasteiger partial charge in [0.05, 0.1) is 41.0 Å². The number of pyridine rings is 1. The van der Waals surface area contributed by atoms with Crippen LogP contribution < -0.4 is 20.9 Å². The fraction of sp³-hybridized carbons (Fsp3) is 0.353. The molecule has 15 heteroatoms. The van der Waals surface area contributed by atoms with Crippen LogP contribution in [0.15, 0.2) is 48.7 Å². The van der Waals surface area contributed by atoms with Gasteiger partial charge in [0.1, 0.15) is 11.4 Å². The van der Waals surface area contributed by atoms with Gasteiger partial charge in [-0.25, -0.2) is 4.98 Å². The number of amides is 4. The van der Waals surface area contributed by atoms with Crippen molar-refractivity contribution >= 4 is 46.5 Å². The monoisotopic (exact) mass is 663 g/mol. The van der Waals surface area contributed by atoms with E-state index in [1.165, 1.54) is 11.9 Å². The Bertz CT molecular complexity index is 2000. The van der Waals surface area contributed by atoms with Gasteiger partial charge in [0.2, 0.25) is 5.91 Å². The van der Waals surface area contributed by atoms with E-state index in [-0.39, 0.29) is 58.6 Å². The number of rotatable bonds is 8. The number of nitrogens with zero attached hydrogens (tertiary/aromatic N) is 8. The average Bonchev–Trinajstić information content (AvgIpc) is 3.85. The van der Waals surface area contributed by atoms with Crippen LogP contribution in [0, 0.1) is 5.92 Å². The van der Waals surface area contributed by atoms with Crippen molar-refractivity contribution in [2.75, 3.05) is 56.8 Å². The second-order valence-corrected chi connectivity index (χ2v) is 12.8. The summed E-state index contributed by atoms with van der Waals surface area (Å²) in [5, 5.41) is 21.8. The lowest BCUT2D eigenvalue weighted by Crippen LogP contribution is -2.52. The van der Waals surface area contributed by atoms with E-state index < -0.39 is 5.91 Å². The SMILES string of the molecule is CNC(=O)c1nnc(NC(=O)C2CC2)cc1Nc1cccc2c1N(C)[C@H](C)c1c-2cnn1C1CN(C(=O)c2cccc(C(=O)N(C)C)n2)C1. The maximum Gasteiger partial charge on any atom is 0.273 e. The van der Waals surface area contributed by atoms with E-state index >= 15 is 0 Å². The molecule has 1 aromatic carbocycles. The number of hydrogen-bond donors (Lipinski definition) is 3. The van der Waals surface area contributed by atoms with E-state index in [1.807, 2.05) is 36.1 Å². The Kier molecular flexibility index (Phi) is 7.97. The Hall–Kier alpha value is -5.86. The lowest BCUT2D eigenvalue weighted by Gasteiger charge is -2.42. The van der Waals surface area contributed by atoms with Crippen molar-refractivity contribution in [3.05, 3.63) is 71.4 Å². The zero-order chi connectivity index (χ0) is 34.6. The number of benzene rings is 1. The summed E-state index contributed by atoms with van der Waals surface area (Å²) in [7, 11) is 6.82. The van der Waals surface area contributed by atoms with E-state index in [0.29, 0.717) is 18.8 Å². The number of para-hydroxylation sites is 1. The zero-order valence-corrected chi connectivity index (χ0v) is 27.9. The van der Waals surface area contributed by atoms with Gasteiger partial charge in [0, 0.05) is 64.4 Å². The summed E-state index contributed by atoms with van der Waals surface area (Å²) in [5.74, 6) is -0.758. The van der Waals surface area contributed by atoms with Gasteiger partial charge in [-0.05, 0) is 38.0 Å². The van der Waals surface area contributed by atoms with Crippen molar-refractivity contribution in [2.45, 2.75) is 31.8 Å². The first-order valence-corrected chi connectivity index (χ1v) is 16.1. The molecule has 252 valence electrons. The third-order valence-electron chi connectivity index (χ3n) is 9.28. The highest BCUT2D eigenvalue weighted by atomic mass is 16.2. The molecule has 2 fully saturated rings. The van der Waals surface area contributed by atoms with Crippen LogP contribution in [0.1, 0.15) is 69.0 Å². The molecule has 1 saturated heterocycles. The molecular formula is C34H37N11O4. The van der Waals surface area contributed by atoms with Crippen LogP contribution in [0.3, 0.4) is 0 Å². The van der Waals surface area contributed by atoms with Crippen molar-refractivity contribution < 1.29 is 19.2 Å². The maximum atomic E-state index is 13.3. The number of carbonyl (C=O) groups is 4. The van der Waals surface area contributed by atoms with Crippen LogP contribution in [0.4, 0.5) is 22.9 Å². The normalized spacial score (nSPS) is 16.6. The summed E-state index contributed by atoms with van der Waals surface area (Å²) in [6.07, 6.45) is 3.56. The number of nitrogens with one attached hydrogen (secondary N) is 3. The minimum Gasteiger partial charge on any atom is -0.364 e. The predicted molar refractivity (Wildman–Crippen MR) is 182 cm³/mol. The smallest absolute Gasteiger partial charge is 0.273 e. The van der Waals surface area contributed by atoms with E-state index in [2.05, 4.69) is 43.0 Å². The minimum absolute atomic E-state index is 0.0131. The topological polar surface area (TPSA) is 171 Å². The average molecular weight is 664 g/mol. The lowest BCUT2D eigenvalue weighted by atomic mass is 9.93. The molecule has 1 aliphatic carbocycles. The number of aromatic nitrogens is 5. The molecule has 2 aliphatic heterocycles. The van der Waals surface area contributed by atoms with E-state index in [9.17, 15) is 19.2 Å². The second-order valence-electron chi connectivity index (χ2n) is 12.8. The molecule has 0 bridgehead atoms. The molecule has 3 N–H and O–H groups in total. The van der Waals surface area contributed by atoms with Gasteiger partial charge in [0.15, 0.2) is 11.5 Å². The van der Waals surface area contributed by atoms with Crippen molar-refractivity contribution in [1.82, 2.24) is 40.1 Å². The number of hydrogen-bond acceptors (Lipinski definition) is 10. The molecule has 4 aromatic rings. The molecule has 0 spiro atoms. The lowest BCUT2D eigenvalue weighted by molar-refractivity contribution is -0.117. The predicted octanol–water partition coefficient (Wildman–Crippen LogP) is 3.10. The van der Waals surface area contributed by atoms with E-state index in [4.69, 9.17) is 5.10 Å². The first-order valence-electron chi connectivity index (χ1n) is 16.1. The quantitative estimate of drug-likeness (QED) is 0.255. The Morgan fingerprint density at radius 3 is 2.39 bits per heavy atom.